The van der Waals surface area contributed by atoms with Gasteiger partial charge in [-0.05, 0) is 52.2 Å². The molecule has 0 aliphatic carbocycles. The number of fused-ring (bicyclic) bond motifs is 1. The summed E-state index contributed by atoms with van der Waals surface area (Å²) in [5, 5.41) is 2.36. The first kappa shape index (κ1) is 15.4. The van der Waals surface area contributed by atoms with Crippen LogP contribution in [-0.2, 0) is 4.74 Å². The first-order valence-corrected chi connectivity index (χ1v) is 7.60. The number of hydrogen-bond acceptors (Lipinski definition) is 3. The summed E-state index contributed by atoms with van der Waals surface area (Å²) >= 11 is 0. The van der Waals surface area contributed by atoms with Gasteiger partial charge in [0.2, 0.25) is 0 Å². The quantitative estimate of drug-likeness (QED) is 0.626. The lowest BCUT2D eigenvalue weighted by Gasteiger charge is -2.08. The predicted molar refractivity (Wildman–Crippen MR) is 93.3 cm³/mol. The highest BCUT2D eigenvalue weighted by atomic mass is 16.5. The lowest BCUT2D eigenvalue weighted by molar-refractivity contribution is 0.146. The molecular weight excluding hydrogens is 288 g/mol. The Morgan fingerprint density at radius 1 is 0.652 bits per heavy atom. The molecule has 118 valence electrons. The molecule has 23 heavy (non-hydrogen) atoms. The van der Waals surface area contributed by atoms with Crippen LogP contribution >= 0.6 is 0 Å². The molecule has 0 spiro atoms. The van der Waals surface area contributed by atoms with E-state index >= 15 is 0 Å². The standard InChI is InChI=1S/C20H20O3/c1-21-11-12-23-20-10-7-17-13-16(3-4-18(17)14-20)15-5-8-19(22-2)9-6-15/h3-10,13-14H,11-12H2,1-2H3. The Kier molecular flexibility index (Phi) is 4.79. The fraction of sp³-hybridized carbons (Fsp3) is 0.200. The Morgan fingerprint density at radius 2 is 1.30 bits per heavy atom. The second-order valence-corrected chi connectivity index (χ2v) is 5.29. The highest BCUT2D eigenvalue weighted by Crippen LogP contribution is 2.28. The maximum Gasteiger partial charge on any atom is 0.120 e. The molecule has 0 saturated heterocycles. The van der Waals surface area contributed by atoms with Crippen LogP contribution in [0.15, 0.2) is 60.7 Å². The average molecular weight is 308 g/mol. The van der Waals surface area contributed by atoms with E-state index < -0.39 is 0 Å². The molecule has 0 aromatic heterocycles. The third-order valence-corrected chi connectivity index (χ3v) is 3.79. The largest absolute Gasteiger partial charge is 0.497 e. The summed E-state index contributed by atoms with van der Waals surface area (Å²) in [5.41, 5.74) is 2.36. The molecule has 3 aromatic carbocycles. The number of ether oxygens (including phenoxy) is 3. The molecule has 3 aromatic rings. The fourth-order valence-electron chi connectivity index (χ4n) is 2.52. The number of benzene rings is 3. The van der Waals surface area contributed by atoms with Gasteiger partial charge in [-0.25, -0.2) is 0 Å². The Labute approximate surface area is 136 Å². The monoisotopic (exact) mass is 308 g/mol. The summed E-state index contributed by atoms with van der Waals surface area (Å²) in [4.78, 5) is 0. The molecule has 0 aliphatic heterocycles. The Bertz CT molecular complexity index is 778. The van der Waals surface area contributed by atoms with Crippen molar-refractivity contribution in [2.45, 2.75) is 0 Å². The van der Waals surface area contributed by atoms with Crippen molar-refractivity contribution in [3.63, 3.8) is 0 Å². The minimum Gasteiger partial charge on any atom is -0.497 e. The highest BCUT2D eigenvalue weighted by molar-refractivity contribution is 5.88. The molecular formula is C20H20O3. The smallest absolute Gasteiger partial charge is 0.120 e. The predicted octanol–water partition coefficient (Wildman–Crippen LogP) is 4.54. The van der Waals surface area contributed by atoms with Gasteiger partial charge in [0.1, 0.15) is 18.1 Å². The van der Waals surface area contributed by atoms with Crippen molar-refractivity contribution in [3.8, 4) is 22.6 Å². The minimum absolute atomic E-state index is 0.561. The van der Waals surface area contributed by atoms with Crippen LogP contribution in [0.4, 0.5) is 0 Å². The van der Waals surface area contributed by atoms with Crippen molar-refractivity contribution >= 4 is 10.8 Å². The molecule has 0 unspecified atom stereocenters. The van der Waals surface area contributed by atoms with Crippen LogP contribution in [-0.4, -0.2) is 27.4 Å². The number of methoxy groups -OCH3 is 2. The van der Waals surface area contributed by atoms with E-state index in [1.807, 2.05) is 18.2 Å². The summed E-state index contributed by atoms with van der Waals surface area (Å²) in [6, 6.07) is 20.7. The van der Waals surface area contributed by atoms with Crippen LogP contribution in [0.5, 0.6) is 11.5 Å². The lowest BCUT2D eigenvalue weighted by Crippen LogP contribution is -2.03. The molecule has 0 atom stereocenters. The van der Waals surface area contributed by atoms with Crippen molar-refractivity contribution < 1.29 is 14.2 Å². The maximum atomic E-state index is 5.66. The van der Waals surface area contributed by atoms with Crippen molar-refractivity contribution in [1.29, 1.82) is 0 Å². The molecule has 0 saturated carbocycles. The van der Waals surface area contributed by atoms with Crippen LogP contribution in [0, 0.1) is 0 Å². The van der Waals surface area contributed by atoms with Gasteiger partial charge in [-0.1, -0.05) is 30.3 Å². The van der Waals surface area contributed by atoms with Crippen LogP contribution in [0.1, 0.15) is 0 Å². The summed E-state index contributed by atoms with van der Waals surface area (Å²) in [5.74, 6) is 1.74. The van der Waals surface area contributed by atoms with Gasteiger partial charge in [0.05, 0.1) is 13.7 Å². The van der Waals surface area contributed by atoms with Crippen molar-refractivity contribution in [1.82, 2.24) is 0 Å². The maximum absolute atomic E-state index is 5.66. The zero-order valence-electron chi connectivity index (χ0n) is 13.4. The van der Waals surface area contributed by atoms with Crippen LogP contribution in [0.2, 0.25) is 0 Å². The van der Waals surface area contributed by atoms with E-state index in [1.54, 1.807) is 14.2 Å². The van der Waals surface area contributed by atoms with Gasteiger partial charge >= 0.3 is 0 Å². The second kappa shape index (κ2) is 7.16. The van der Waals surface area contributed by atoms with E-state index in [2.05, 4.69) is 42.5 Å². The summed E-state index contributed by atoms with van der Waals surface area (Å²) in [7, 11) is 3.35. The number of rotatable bonds is 6. The average Bonchev–Trinajstić information content (AvgIpc) is 2.61. The van der Waals surface area contributed by atoms with Gasteiger partial charge in [0.25, 0.3) is 0 Å². The van der Waals surface area contributed by atoms with Crippen LogP contribution in [0.25, 0.3) is 21.9 Å². The van der Waals surface area contributed by atoms with Gasteiger partial charge in [-0.2, -0.15) is 0 Å². The molecule has 0 N–H and O–H groups in total. The Hall–Kier alpha value is -2.52. The highest BCUT2D eigenvalue weighted by Gasteiger charge is 2.02. The molecule has 0 amide bonds. The van der Waals surface area contributed by atoms with E-state index in [9.17, 15) is 0 Å². The zero-order chi connectivity index (χ0) is 16.1. The van der Waals surface area contributed by atoms with Crippen molar-refractivity contribution in [2.75, 3.05) is 27.4 Å². The first-order chi connectivity index (χ1) is 11.3. The van der Waals surface area contributed by atoms with Gasteiger partial charge in [-0.15, -0.1) is 0 Å². The van der Waals surface area contributed by atoms with E-state index in [0.717, 1.165) is 16.9 Å². The normalized spacial score (nSPS) is 10.7. The number of hydrogen-bond donors (Lipinski definition) is 0. The molecule has 3 nitrogen and oxygen atoms in total. The van der Waals surface area contributed by atoms with Gasteiger partial charge < -0.3 is 14.2 Å². The van der Waals surface area contributed by atoms with Crippen molar-refractivity contribution in [3.05, 3.63) is 60.7 Å². The van der Waals surface area contributed by atoms with Gasteiger partial charge in [0.15, 0.2) is 0 Å². The van der Waals surface area contributed by atoms with Crippen LogP contribution in [0.3, 0.4) is 0 Å². The van der Waals surface area contributed by atoms with Crippen LogP contribution < -0.4 is 9.47 Å². The Balaban J connectivity index is 1.85. The van der Waals surface area contributed by atoms with E-state index in [0.29, 0.717) is 13.2 Å². The molecule has 0 aliphatic rings. The second-order valence-electron chi connectivity index (χ2n) is 5.29. The molecule has 0 fully saturated rings. The molecule has 0 heterocycles. The van der Waals surface area contributed by atoms with Gasteiger partial charge in [-0.3, -0.25) is 0 Å². The SMILES string of the molecule is COCCOc1ccc2cc(-c3ccc(OC)cc3)ccc2c1. The Morgan fingerprint density at radius 3 is 2.04 bits per heavy atom. The topological polar surface area (TPSA) is 27.7 Å². The minimum atomic E-state index is 0.561. The molecule has 3 rings (SSSR count). The molecule has 0 radical (unpaired) electrons. The lowest BCUT2D eigenvalue weighted by atomic mass is 10.0. The summed E-state index contributed by atoms with van der Waals surface area (Å²) in [6.45, 7) is 1.15. The fourth-order valence-corrected chi connectivity index (χ4v) is 2.52. The third kappa shape index (κ3) is 3.63. The van der Waals surface area contributed by atoms with E-state index in [1.165, 1.54) is 16.5 Å². The van der Waals surface area contributed by atoms with E-state index in [-0.39, 0.29) is 0 Å². The first-order valence-electron chi connectivity index (χ1n) is 7.60. The van der Waals surface area contributed by atoms with E-state index in [4.69, 9.17) is 14.2 Å². The zero-order valence-corrected chi connectivity index (χ0v) is 13.4. The molecule has 0 bridgehead atoms. The summed E-state index contributed by atoms with van der Waals surface area (Å²) < 4.78 is 15.9. The molecule has 3 heteroatoms. The third-order valence-electron chi connectivity index (χ3n) is 3.79. The van der Waals surface area contributed by atoms with Gasteiger partial charge in [0, 0.05) is 7.11 Å². The summed E-state index contributed by atoms with van der Waals surface area (Å²) in [6.07, 6.45) is 0. The van der Waals surface area contributed by atoms with Crippen molar-refractivity contribution in [2.24, 2.45) is 0 Å².